The Balaban J connectivity index is 0.00000261. The number of sulfonamides is 1. The van der Waals surface area contributed by atoms with E-state index in [1.807, 2.05) is 30.3 Å². The fourth-order valence-corrected chi connectivity index (χ4v) is 5.45. The largest absolute Gasteiger partial charge is 0.341 e. The van der Waals surface area contributed by atoms with E-state index in [2.05, 4.69) is 4.72 Å². The van der Waals surface area contributed by atoms with E-state index in [9.17, 15) is 13.2 Å². The standard InChI is InChI=1S/C18H23N3O3S2.ClH/c1-18(19,14-6-3-2-4-7-14)17(22)21-11-9-15(10-12-21)20-26(23,24)16-8-5-13-25-16;/h2-8,13,15,20H,9-12,19H2,1H3;1H. The van der Waals surface area contributed by atoms with Crippen molar-refractivity contribution in [1.82, 2.24) is 9.62 Å². The maximum Gasteiger partial charge on any atom is 0.250 e. The van der Waals surface area contributed by atoms with E-state index in [1.165, 1.54) is 11.3 Å². The number of piperidine rings is 1. The van der Waals surface area contributed by atoms with E-state index >= 15 is 0 Å². The Kier molecular flexibility index (Phi) is 7.04. The van der Waals surface area contributed by atoms with Crippen molar-refractivity contribution in [2.24, 2.45) is 5.73 Å². The number of likely N-dealkylation sites (tertiary alicyclic amines) is 1. The lowest BCUT2D eigenvalue weighted by Crippen LogP contribution is -2.54. The molecule has 1 saturated heterocycles. The van der Waals surface area contributed by atoms with Crippen LogP contribution in [0.3, 0.4) is 0 Å². The second-order valence-electron chi connectivity index (χ2n) is 6.69. The van der Waals surface area contributed by atoms with Crippen molar-refractivity contribution < 1.29 is 13.2 Å². The van der Waals surface area contributed by atoms with Crippen LogP contribution in [0, 0.1) is 0 Å². The van der Waals surface area contributed by atoms with E-state index in [0.717, 1.165) is 5.56 Å². The van der Waals surface area contributed by atoms with E-state index in [-0.39, 0.29) is 24.4 Å². The minimum atomic E-state index is -3.49. The number of hydrogen-bond acceptors (Lipinski definition) is 5. The molecule has 2 aromatic rings. The molecule has 6 nitrogen and oxygen atoms in total. The summed E-state index contributed by atoms with van der Waals surface area (Å²) in [7, 11) is -3.49. The van der Waals surface area contributed by atoms with Gasteiger partial charge in [0.1, 0.15) is 9.75 Å². The molecule has 1 aliphatic heterocycles. The Labute approximate surface area is 170 Å². The molecular formula is C18H24ClN3O3S2. The Morgan fingerprint density at radius 1 is 1.19 bits per heavy atom. The molecule has 1 fully saturated rings. The number of nitrogens with zero attached hydrogens (tertiary/aromatic N) is 1. The van der Waals surface area contributed by atoms with Gasteiger partial charge < -0.3 is 10.6 Å². The van der Waals surface area contributed by atoms with Crippen molar-refractivity contribution in [2.75, 3.05) is 13.1 Å². The fourth-order valence-electron chi connectivity index (χ4n) is 3.13. The van der Waals surface area contributed by atoms with Crippen LogP contribution in [0.1, 0.15) is 25.3 Å². The summed E-state index contributed by atoms with van der Waals surface area (Å²) in [5, 5.41) is 1.74. The summed E-state index contributed by atoms with van der Waals surface area (Å²) in [4.78, 5) is 14.6. The number of benzene rings is 1. The zero-order chi connectivity index (χ0) is 18.8. The molecule has 1 atom stereocenters. The van der Waals surface area contributed by atoms with E-state index in [0.29, 0.717) is 30.1 Å². The molecule has 1 aromatic carbocycles. The number of hydrogen-bond donors (Lipinski definition) is 2. The first-order valence-corrected chi connectivity index (χ1v) is 10.9. The smallest absolute Gasteiger partial charge is 0.250 e. The minimum Gasteiger partial charge on any atom is -0.341 e. The van der Waals surface area contributed by atoms with Gasteiger partial charge in [-0.2, -0.15) is 0 Å². The van der Waals surface area contributed by atoms with Crippen LogP contribution in [0.25, 0.3) is 0 Å². The predicted octanol–water partition coefficient (Wildman–Crippen LogP) is 2.31. The number of carbonyl (C=O) groups excluding carboxylic acids is 1. The van der Waals surface area contributed by atoms with Gasteiger partial charge in [0.25, 0.3) is 0 Å². The van der Waals surface area contributed by atoms with E-state index < -0.39 is 15.6 Å². The summed E-state index contributed by atoms with van der Waals surface area (Å²) in [6, 6.07) is 12.4. The number of nitrogens with one attached hydrogen (secondary N) is 1. The monoisotopic (exact) mass is 429 g/mol. The number of carbonyl (C=O) groups is 1. The van der Waals surface area contributed by atoms with Gasteiger partial charge in [0.05, 0.1) is 0 Å². The van der Waals surface area contributed by atoms with Crippen molar-refractivity contribution in [1.29, 1.82) is 0 Å². The molecule has 0 aliphatic carbocycles. The molecule has 0 bridgehead atoms. The molecular weight excluding hydrogens is 406 g/mol. The highest BCUT2D eigenvalue weighted by molar-refractivity contribution is 7.91. The van der Waals surface area contributed by atoms with Crippen molar-refractivity contribution in [3.63, 3.8) is 0 Å². The van der Waals surface area contributed by atoms with Crippen LogP contribution < -0.4 is 10.5 Å². The van der Waals surface area contributed by atoms with Gasteiger partial charge in [-0.05, 0) is 36.8 Å². The molecule has 3 rings (SSSR count). The second-order valence-corrected chi connectivity index (χ2v) is 9.58. The minimum absolute atomic E-state index is 0. The SMILES string of the molecule is CC(N)(C(=O)N1CCC(NS(=O)(=O)c2cccs2)CC1)c1ccccc1.Cl. The molecule has 2 heterocycles. The third-order valence-corrected chi connectivity index (χ3v) is 7.60. The van der Waals surface area contributed by atoms with Gasteiger partial charge in [0, 0.05) is 19.1 Å². The summed E-state index contributed by atoms with van der Waals surface area (Å²) in [6.45, 7) is 2.68. The zero-order valence-electron chi connectivity index (χ0n) is 15.0. The third kappa shape index (κ3) is 4.89. The van der Waals surface area contributed by atoms with Gasteiger partial charge in [-0.3, -0.25) is 4.79 Å². The lowest BCUT2D eigenvalue weighted by Gasteiger charge is -2.37. The van der Waals surface area contributed by atoms with Gasteiger partial charge in [-0.1, -0.05) is 36.4 Å². The number of amides is 1. The first-order chi connectivity index (χ1) is 12.3. The molecule has 3 N–H and O–H groups in total. The Hall–Kier alpha value is -1.45. The van der Waals surface area contributed by atoms with E-state index in [4.69, 9.17) is 5.73 Å². The van der Waals surface area contributed by atoms with Crippen LogP contribution in [0.4, 0.5) is 0 Å². The van der Waals surface area contributed by atoms with Gasteiger partial charge in [0.15, 0.2) is 0 Å². The quantitative estimate of drug-likeness (QED) is 0.762. The molecule has 1 unspecified atom stereocenters. The molecule has 0 spiro atoms. The van der Waals surface area contributed by atoms with Crippen LogP contribution in [-0.2, 0) is 20.4 Å². The maximum atomic E-state index is 12.9. The van der Waals surface area contributed by atoms with Gasteiger partial charge in [-0.15, -0.1) is 23.7 Å². The molecule has 148 valence electrons. The molecule has 0 saturated carbocycles. The maximum absolute atomic E-state index is 12.9. The van der Waals surface area contributed by atoms with Crippen LogP contribution >= 0.6 is 23.7 Å². The zero-order valence-corrected chi connectivity index (χ0v) is 17.4. The predicted molar refractivity (Wildman–Crippen MR) is 109 cm³/mol. The number of thiophene rings is 1. The van der Waals surface area contributed by atoms with Crippen molar-refractivity contribution in [3.05, 3.63) is 53.4 Å². The molecule has 0 radical (unpaired) electrons. The van der Waals surface area contributed by atoms with Gasteiger partial charge in [0.2, 0.25) is 15.9 Å². The average Bonchev–Trinajstić information content (AvgIpc) is 3.18. The van der Waals surface area contributed by atoms with Gasteiger partial charge in [-0.25, -0.2) is 13.1 Å². The van der Waals surface area contributed by atoms with Crippen LogP contribution in [-0.4, -0.2) is 38.4 Å². The van der Waals surface area contributed by atoms with E-state index in [1.54, 1.807) is 29.3 Å². The summed E-state index contributed by atoms with van der Waals surface area (Å²) in [5.74, 6) is -0.136. The van der Waals surface area contributed by atoms with Crippen LogP contribution in [0.15, 0.2) is 52.1 Å². The van der Waals surface area contributed by atoms with Crippen molar-refractivity contribution >= 4 is 39.7 Å². The highest BCUT2D eigenvalue weighted by Gasteiger charge is 2.36. The van der Waals surface area contributed by atoms with Crippen LogP contribution in [0.5, 0.6) is 0 Å². The van der Waals surface area contributed by atoms with Gasteiger partial charge >= 0.3 is 0 Å². The molecule has 1 aliphatic rings. The summed E-state index contributed by atoms with van der Waals surface area (Å²) in [5.41, 5.74) is 5.99. The van der Waals surface area contributed by atoms with Crippen LogP contribution in [0.2, 0.25) is 0 Å². The first kappa shape index (κ1) is 21.8. The number of rotatable bonds is 5. The summed E-state index contributed by atoms with van der Waals surface area (Å²) >= 11 is 1.19. The number of halogens is 1. The Bertz CT molecular complexity index is 847. The molecule has 9 heteroatoms. The molecule has 1 amide bonds. The average molecular weight is 430 g/mol. The van der Waals surface area contributed by atoms with Crippen molar-refractivity contribution in [2.45, 2.75) is 35.6 Å². The highest BCUT2D eigenvalue weighted by Crippen LogP contribution is 2.24. The number of nitrogens with two attached hydrogens (primary N) is 1. The molecule has 1 aromatic heterocycles. The fraction of sp³-hybridized carbons (Fsp3) is 0.389. The highest BCUT2D eigenvalue weighted by atomic mass is 35.5. The van der Waals surface area contributed by atoms with Crippen molar-refractivity contribution in [3.8, 4) is 0 Å². The third-order valence-electron chi connectivity index (χ3n) is 4.68. The first-order valence-electron chi connectivity index (χ1n) is 8.50. The second kappa shape index (κ2) is 8.70. The normalized spacial score (nSPS) is 17.8. The summed E-state index contributed by atoms with van der Waals surface area (Å²) in [6.07, 6.45) is 1.14. The lowest BCUT2D eigenvalue weighted by atomic mass is 9.90. The topological polar surface area (TPSA) is 92.5 Å². The summed E-state index contributed by atoms with van der Waals surface area (Å²) < 4.78 is 27.7. The Morgan fingerprint density at radius 2 is 1.81 bits per heavy atom. The lowest BCUT2D eigenvalue weighted by molar-refractivity contribution is -0.137. The Morgan fingerprint density at radius 3 is 2.37 bits per heavy atom. The molecule has 27 heavy (non-hydrogen) atoms.